The maximum atomic E-state index is 5.60. The van der Waals surface area contributed by atoms with Gasteiger partial charge in [-0.25, -0.2) is 0 Å². The quantitative estimate of drug-likeness (QED) is 0.486. The molecule has 0 aliphatic heterocycles. The topological polar surface area (TPSA) is 36.9 Å². The highest BCUT2D eigenvalue weighted by Crippen LogP contribution is 2.25. The summed E-state index contributed by atoms with van der Waals surface area (Å²) in [6.07, 6.45) is 1.88. The molecule has 0 heterocycles. The van der Waals surface area contributed by atoms with Gasteiger partial charge in [0.2, 0.25) is 0 Å². The van der Waals surface area contributed by atoms with Gasteiger partial charge in [0, 0.05) is 34.1 Å². The minimum atomic E-state index is -2.52. The van der Waals surface area contributed by atoms with Gasteiger partial charge in [-0.3, -0.25) is 0 Å². The van der Waals surface area contributed by atoms with E-state index in [-0.39, 0.29) is 0 Å². The molecule has 0 N–H and O–H groups in total. The second kappa shape index (κ2) is 6.56. The molecule has 15 heavy (non-hydrogen) atoms. The fourth-order valence-corrected chi connectivity index (χ4v) is 9.29. The Balaban J connectivity index is 4.67. The van der Waals surface area contributed by atoms with Crippen LogP contribution in [-0.2, 0) is 17.7 Å². The van der Waals surface area contributed by atoms with Gasteiger partial charge in [-0.15, -0.1) is 6.58 Å². The molecule has 0 amide bonds. The van der Waals surface area contributed by atoms with E-state index in [1.807, 2.05) is 6.08 Å². The lowest BCUT2D eigenvalue weighted by atomic mass is 10.8. The molecule has 0 bridgehead atoms. The predicted molar refractivity (Wildman–Crippen MR) is 65.2 cm³/mol. The minimum absolute atomic E-state index is 0.742. The molecule has 0 rings (SSSR count). The summed E-state index contributed by atoms with van der Waals surface area (Å²) in [5.74, 6) is 0. The molecule has 0 fully saturated rings. The van der Waals surface area contributed by atoms with Crippen molar-refractivity contribution in [2.45, 2.75) is 18.3 Å². The van der Waals surface area contributed by atoms with E-state index in [4.69, 9.17) is 17.7 Å². The molecule has 0 aromatic rings. The molecule has 0 aromatic heterocycles. The van der Waals surface area contributed by atoms with Crippen LogP contribution in [0.15, 0.2) is 12.7 Å². The first kappa shape index (κ1) is 15.0. The molecule has 0 aromatic carbocycles. The monoisotopic (exact) mass is 250 g/mol. The zero-order valence-corrected chi connectivity index (χ0v) is 12.3. The Hall–Kier alpha value is 0.0138. The predicted octanol–water partition coefficient (Wildman–Crippen LogP) is 1.81. The summed E-state index contributed by atoms with van der Waals surface area (Å²) in [6, 6.07) is 0.869. The fraction of sp³-hybridized carbons (Fsp3) is 0.778. The largest absolute Gasteiger partial charge is 0.499 e. The highest BCUT2D eigenvalue weighted by atomic mass is 28.4. The molecule has 90 valence electrons. The summed E-state index contributed by atoms with van der Waals surface area (Å²) < 4.78 is 21.8. The number of hydrogen-bond donors (Lipinski definition) is 0. The number of rotatable bonds is 8. The molecule has 6 heteroatoms. The lowest BCUT2D eigenvalue weighted by molar-refractivity contribution is 0.127. The van der Waals surface area contributed by atoms with Gasteiger partial charge in [0.1, 0.15) is 0 Å². The van der Waals surface area contributed by atoms with E-state index in [9.17, 15) is 0 Å². The molecule has 0 saturated carbocycles. The van der Waals surface area contributed by atoms with Crippen LogP contribution in [0.3, 0.4) is 0 Å². The second-order valence-corrected chi connectivity index (χ2v) is 11.3. The summed E-state index contributed by atoms with van der Waals surface area (Å²) in [4.78, 5) is 0. The molecular weight excluding hydrogens is 228 g/mol. The Labute approximate surface area is 94.7 Å². The lowest BCUT2D eigenvalue weighted by Gasteiger charge is -2.32. The highest BCUT2D eigenvalue weighted by molar-refractivity contribution is 6.86. The molecule has 0 spiro atoms. The average Bonchev–Trinajstić information content (AvgIpc) is 2.27. The van der Waals surface area contributed by atoms with Gasteiger partial charge >= 0.3 is 8.80 Å². The molecular formula is C9H22O4Si2. The second-order valence-electron chi connectivity index (χ2n) is 3.62. The van der Waals surface area contributed by atoms with E-state index in [1.165, 1.54) is 0 Å². The van der Waals surface area contributed by atoms with Gasteiger partial charge in [-0.2, -0.15) is 0 Å². The van der Waals surface area contributed by atoms with E-state index >= 15 is 0 Å². The molecule has 1 unspecified atom stereocenters. The van der Waals surface area contributed by atoms with Gasteiger partial charge in [0.15, 0.2) is 8.32 Å². The zero-order valence-electron chi connectivity index (χ0n) is 10.3. The molecule has 0 saturated heterocycles. The molecule has 1 atom stereocenters. The van der Waals surface area contributed by atoms with Gasteiger partial charge in [0.25, 0.3) is 0 Å². The van der Waals surface area contributed by atoms with E-state index in [0.29, 0.717) is 0 Å². The zero-order chi connectivity index (χ0) is 11.9. The number of hydrogen-bond acceptors (Lipinski definition) is 4. The maximum absolute atomic E-state index is 5.60. The van der Waals surface area contributed by atoms with Crippen LogP contribution in [0.1, 0.15) is 0 Å². The average molecular weight is 250 g/mol. The van der Waals surface area contributed by atoms with Crippen molar-refractivity contribution in [1.82, 2.24) is 0 Å². The Morgan fingerprint density at radius 2 is 1.47 bits per heavy atom. The first-order chi connectivity index (χ1) is 7.01. The maximum Gasteiger partial charge on any atom is 0.499 e. The molecule has 0 radical (unpaired) electrons. The molecule has 0 aliphatic rings. The van der Waals surface area contributed by atoms with Crippen LogP contribution in [0, 0.1) is 0 Å². The van der Waals surface area contributed by atoms with Gasteiger partial charge < -0.3 is 17.7 Å². The van der Waals surface area contributed by atoms with Crippen LogP contribution in [0.5, 0.6) is 0 Å². The van der Waals surface area contributed by atoms with Crippen LogP contribution in [0.4, 0.5) is 0 Å². The Kier molecular flexibility index (Phi) is 6.57. The summed E-state index contributed by atoms with van der Waals surface area (Å²) in [6.45, 7) is 5.88. The molecule has 0 aliphatic carbocycles. The van der Waals surface area contributed by atoms with Gasteiger partial charge in [-0.1, -0.05) is 6.08 Å². The Bertz CT molecular complexity index is 188. The van der Waals surface area contributed by atoms with Crippen molar-refractivity contribution < 1.29 is 17.7 Å². The van der Waals surface area contributed by atoms with Crippen molar-refractivity contribution in [2.24, 2.45) is 0 Å². The van der Waals surface area contributed by atoms with Crippen LogP contribution in [-0.4, -0.2) is 45.6 Å². The summed E-state index contributed by atoms with van der Waals surface area (Å²) in [5, 5.41) is 0. The van der Waals surface area contributed by atoms with Gasteiger partial charge in [-0.05, 0) is 12.6 Å². The lowest BCUT2D eigenvalue weighted by Crippen LogP contribution is -2.51. The minimum Gasteiger partial charge on any atom is -0.420 e. The Morgan fingerprint density at radius 3 is 1.73 bits per heavy atom. The normalized spacial score (nSPS) is 16.1. The van der Waals surface area contributed by atoms with Gasteiger partial charge in [0.05, 0.1) is 0 Å². The van der Waals surface area contributed by atoms with Crippen molar-refractivity contribution >= 4 is 17.1 Å². The van der Waals surface area contributed by atoms with Crippen molar-refractivity contribution in [1.29, 1.82) is 0 Å². The first-order valence-electron chi connectivity index (χ1n) is 4.83. The van der Waals surface area contributed by atoms with Crippen LogP contribution < -0.4 is 0 Å². The van der Waals surface area contributed by atoms with E-state index in [0.717, 1.165) is 11.7 Å². The SMILES string of the molecule is C=CC[Si](C)(C[Si](OC)(OC)OC)OC. The van der Waals surface area contributed by atoms with Crippen molar-refractivity contribution in [3.05, 3.63) is 12.7 Å². The third kappa shape index (κ3) is 4.17. The van der Waals surface area contributed by atoms with E-state index in [1.54, 1.807) is 28.4 Å². The van der Waals surface area contributed by atoms with Crippen molar-refractivity contribution in [3.63, 3.8) is 0 Å². The van der Waals surface area contributed by atoms with E-state index in [2.05, 4.69) is 13.1 Å². The fourth-order valence-electron chi connectivity index (χ4n) is 1.46. The smallest absolute Gasteiger partial charge is 0.420 e. The van der Waals surface area contributed by atoms with Crippen LogP contribution >= 0.6 is 0 Å². The highest BCUT2D eigenvalue weighted by Gasteiger charge is 2.46. The summed E-state index contributed by atoms with van der Waals surface area (Å²) in [5.41, 5.74) is 0.742. The third-order valence-electron chi connectivity index (χ3n) is 2.59. The van der Waals surface area contributed by atoms with Crippen molar-refractivity contribution in [3.8, 4) is 0 Å². The van der Waals surface area contributed by atoms with Crippen LogP contribution in [0.2, 0.25) is 18.3 Å². The Morgan fingerprint density at radius 1 is 1.00 bits per heavy atom. The first-order valence-corrected chi connectivity index (χ1v) is 9.58. The summed E-state index contributed by atoms with van der Waals surface area (Å²) >= 11 is 0. The summed E-state index contributed by atoms with van der Waals surface area (Å²) in [7, 11) is 2.22. The van der Waals surface area contributed by atoms with E-state index < -0.39 is 17.1 Å². The number of allylic oxidation sites excluding steroid dienone is 1. The third-order valence-corrected chi connectivity index (χ3v) is 11.3. The van der Waals surface area contributed by atoms with Crippen LogP contribution in [0.25, 0.3) is 0 Å². The molecule has 4 nitrogen and oxygen atoms in total. The standard InChI is InChI=1S/C9H22O4Si2/c1-7-8-14(6,10-2)9-15(11-3,12-4)13-5/h7H,1,8-9H2,2-6H3. The van der Waals surface area contributed by atoms with Crippen molar-refractivity contribution in [2.75, 3.05) is 28.4 Å².